The maximum Gasteiger partial charge on any atom is 0.132 e. The van der Waals surface area contributed by atoms with Gasteiger partial charge in [-0.2, -0.15) is 5.26 Å². The molecule has 58 heavy (non-hydrogen) atoms. The number of benzene rings is 4. The van der Waals surface area contributed by atoms with Gasteiger partial charge >= 0.3 is 0 Å². The fourth-order valence-corrected chi connectivity index (χ4v) is 12.3. The van der Waals surface area contributed by atoms with Crippen molar-refractivity contribution in [3.05, 3.63) is 114 Å². The summed E-state index contributed by atoms with van der Waals surface area (Å²) in [6.45, 7) is 20.6. The van der Waals surface area contributed by atoms with E-state index in [2.05, 4.69) is 146 Å². The molecule has 2 saturated heterocycles. The second kappa shape index (κ2) is 18.7. The van der Waals surface area contributed by atoms with Crippen molar-refractivity contribution in [3.63, 3.8) is 0 Å². The monoisotopic (exact) mass is 815 g/mol. The van der Waals surface area contributed by atoms with E-state index in [-0.39, 0.29) is 10.3 Å². The van der Waals surface area contributed by atoms with Crippen LogP contribution in [0.25, 0.3) is 32.7 Å². The van der Waals surface area contributed by atoms with Crippen LogP contribution >= 0.6 is 19.5 Å². The van der Waals surface area contributed by atoms with Gasteiger partial charge in [-0.05, 0) is 72.6 Å². The molecule has 2 aromatic heterocycles. The number of ether oxygens (including phenoxy) is 2. The van der Waals surface area contributed by atoms with Crippen LogP contribution in [0.2, 0.25) is 5.02 Å². The maximum atomic E-state index is 8.81. The lowest BCUT2D eigenvalue weighted by Crippen LogP contribution is -2.36. The molecule has 0 unspecified atom stereocenters. The predicted octanol–water partition coefficient (Wildman–Crippen LogP) is 9.89. The zero-order valence-electron chi connectivity index (χ0n) is 34.5. The summed E-state index contributed by atoms with van der Waals surface area (Å²) in [4.78, 5) is 12.6. The predicted molar refractivity (Wildman–Crippen MR) is 246 cm³/mol. The number of fused-ring (bicyclic) bond motifs is 2. The number of rotatable bonds is 4. The van der Waals surface area contributed by atoms with Gasteiger partial charge in [0.2, 0.25) is 0 Å². The van der Waals surface area contributed by atoms with Crippen LogP contribution in [0.4, 0.5) is 23.3 Å². The van der Waals surface area contributed by atoms with E-state index in [1.165, 1.54) is 38.0 Å². The van der Waals surface area contributed by atoms with Gasteiger partial charge in [-0.15, -0.1) is 0 Å². The largest absolute Gasteiger partial charge is 0.384 e. The van der Waals surface area contributed by atoms with Crippen LogP contribution in [-0.2, 0) is 9.47 Å². The Hall–Kier alpha value is -4.97. The lowest BCUT2D eigenvalue weighted by atomic mass is 9.94. The van der Waals surface area contributed by atoms with Crippen molar-refractivity contribution in [3.8, 4) is 17.2 Å². The Balaban J connectivity index is 0.000000163. The average molecular weight is 816 g/mol. The second-order valence-corrected chi connectivity index (χ2v) is 20.7. The highest BCUT2D eigenvalue weighted by Crippen LogP contribution is 2.60. The Bertz CT molecular complexity index is 2340. The van der Waals surface area contributed by atoms with E-state index in [0.717, 1.165) is 51.0 Å². The number of halogens is 1. The van der Waals surface area contributed by atoms with Gasteiger partial charge in [-0.3, -0.25) is 0 Å². The number of anilines is 4. The summed E-state index contributed by atoms with van der Waals surface area (Å²) < 4.78 is 10.5. The van der Waals surface area contributed by atoms with E-state index >= 15 is 0 Å². The smallest absolute Gasteiger partial charge is 0.132 e. The number of nitrogens with zero attached hydrogens (tertiary/aromatic N) is 5. The van der Waals surface area contributed by atoms with Crippen LogP contribution in [0, 0.1) is 11.3 Å². The molecule has 0 amide bonds. The summed E-state index contributed by atoms with van der Waals surface area (Å²) in [5.74, 6) is 2.43. The van der Waals surface area contributed by atoms with Gasteiger partial charge in [0, 0.05) is 31.2 Å². The number of pyridine rings is 2. The third kappa shape index (κ3) is 10.6. The van der Waals surface area contributed by atoms with Gasteiger partial charge in [-0.25, -0.2) is 9.97 Å². The van der Waals surface area contributed by atoms with Gasteiger partial charge < -0.3 is 30.7 Å². The van der Waals surface area contributed by atoms with Gasteiger partial charge in [0.1, 0.15) is 23.3 Å². The maximum absolute atomic E-state index is 8.81. The topological polar surface area (TPSA) is 127 Å². The Morgan fingerprint density at radius 2 is 1.14 bits per heavy atom. The molecule has 6 aromatic rings. The normalized spacial score (nSPS) is 14.7. The first-order valence-electron chi connectivity index (χ1n) is 19.8. The van der Waals surface area contributed by atoms with E-state index in [9.17, 15) is 0 Å². The molecule has 0 spiro atoms. The lowest BCUT2D eigenvalue weighted by molar-refractivity contribution is 0.122. The summed E-state index contributed by atoms with van der Waals surface area (Å²) in [6, 6.07) is 38.0. The number of hydrogen-bond donors (Lipinski definition) is 2. The molecular formula is C47H55ClN7O2P. The van der Waals surface area contributed by atoms with E-state index in [1.807, 2.05) is 6.07 Å². The van der Waals surface area contributed by atoms with Crippen molar-refractivity contribution in [2.45, 2.75) is 51.9 Å². The van der Waals surface area contributed by atoms with Crippen LogP contribution in [-0.4, -0.2) is 72.9 Å². The Morgan fingerprint density at radius 3 is 1.69 bits per heavy atom. The van der Waals surface area contributed by atoms with Crippen LogP contribution in [0.1, 0.15) is 47.1 Å². The van der Waals surface area contributed by atoms with Gasteiger partial charge in [0.05, 0.1) is 38.1 Å². The van der Waals surface area contributed by atoms with Crippen molar-refractivity contribution in [1.82, 2.24) is 9.97 Å². The van der Waals surface area contributed by atoms with Crippen LogP contribution in [0.5, 0.6) is 0 Å². The third-order valence-corrected chi connectivity index (χ3v) is 13.7. The van der Waals surface area contributed by atoms with E-state index in [4.69, 9.17) is 37.8 Å². The summed E-state index contributed by atoms with van der Waals surface area (Å²) >= 11 is 5.89. The van der Waals surface area contributed by atoms with Crippen molar-refractivity contribution in [2.75, 3.05) is 73.9 Å². The molecule has 4 N–H and O–H groups in total. The highest BCUT2D eigenvalue weighted by Gasteiger charge is 2.37. The van der Waals surface area contributed by atoms with Crippen LogP contribution in [0.15, 0.2) is 103 Å². The molecule has 0 bridgehead atoms. The second-order valence-electron chi connectivity index (χ2n) is 16.4. The average Bonchev–Trinajstić information content (AvgIpc) is 3.20. The standard InChI is InChI=1S/C28H31P.C10H12N4O.C9H12ClN3O/c1-27(2,3)29(28(4,5)6)25-19-18-21-13-8-10-16-23(21)26(25)24-17-11-14-20-12-7-9-15-22(20)24;11-7-8-5-9(12)13-10(6-8)14-1-3-15-4-2-14;10-7-5-8(11)12-9(6-7)13-1-3-14-4-2-13/h7-19H,1-6H3;5-6H,1-4H2,(H2,12,13);5-6H,1-4H2,(H2,11,12). The first-order chi connectivity index (χ1) is 27.7. The molecule has 0 aliphatic carbocycles. The van der Waals surface area contributed by atoms with Crippen molar-refractivity contribution in [2.24, 2.45) is 0 Å². The van der Waals surface area contributed by atoms with E-state index in [1.54, 1.807) is 18.2 Å². The minimum atomic E-state index is -0.411. The quantitative estimate of drug-likeness (QED) is 0.167. The number of nitrogens with two attached hydrogens (primary N) is 2. The van der Waals surface area contributed by atoms with Crippen molar-refractivity contribution in [1.29, 1.82) is 5.26 Å². The third-order valence-electron chi connectivity index (χ3n) is 9.98. The summed E-state index contributed by atoms with van der Waals surface area (Å²) in [7, 11) is -0.411. The summed E-state index contributed by atoms with van der Waals surface area (Å²) in [6.07, 6.45) is 0. The Kier molecular flexibility index (Phi) is 13.8. The fraction of sp³-hybridized carbons (Fsp3) is 0.340. The molecule has 8 rings (SSSR count). The summed E-state index contributed by atoms with van der Waals surface area (Å²) in [5.41, 5.74) is 14.6. The van der Waals surface area contributed by atoms with Gasteiger partial charge in [0.15, 0.2) is 0 Å². The van der Waals surface area contributed by atoms with Gasteiger partial charge in [-0.1, -0.05) is 140 Å². The molecule has 4 aromatic carbocycles. The fourth-order valence-electron chi connectivity index (χ4n) is 7.92. The molecule has 9 nitrogen and oxygen atoms in total. The molecule has 2 aliphatic heterocycles. The molecule has 11 heteroatoms. The number of nitrogen functional groups attached to an aromatic ring is 2. The first kappa shape index (κ1) is 42.6. The first-order valence-corrected chi connectivity index (χ1v) is 21.5. The molecule has 4 heterocycles. The molecule has 0 saturated carbocycles. The van der Waals surface area contributed by atoms with Crippen molar-refractivity contribution >= 4 is 69.6 Å². The zero-order valence-corrected chi connectivity index (χ0v) is 36.2. The van der Waals surface area contributed by atoms with Crippen molar-refractivity contribution < 1.29 is 9.47 Å². The van der Waals surface area contributed by atoms with Crippen LogP contribution < -0.4 is 26.6 Å². The van der Waals surface area contributed by atoms with E-state index in [0.29, 0.717) is 35.4 Å². The lowest BCUT2D eigenvalue weighted by Gasteiger charge is -2.43. The number of morpholine rings is 2. The van der Waals surface area contributed by atoms with Gasteiger partial charge in [0.25, 0.3) is 0 Å². The zero-order chi connectivity index (χ0) is 41.5. The van der Waals surface area contributed by atoms with E-state index < -0.39 is 7.92 Å². The molecule has 2 aliphatic rings. The number of aromatic nitrogens is 2. The highest BCUT2D eigenvalue weighted by molar-refractivity contribution is 7.68. The molecular weight excluding hydrogens is 761 g/mol. The molecule has 0 radical (unpaired) electrons. The molecule has 302 valence electrons. The Morgan fingerprint density at radius 1 is 0.638 bits per heavy atom. The number of nitriles is 1. The Labute approximate surface area is 349 Å². The highest BCUT2D eigenvalue weighted by atomic mass is 35.5. The minimum Gasteiger partial charge on any atom is -0.384 e. The minimum absolute atomic E-state index is 0.218. The van der Waals surface area contributed by atoms with Crippen LogP contribution in [0.3, 0.4) is 0 Å². The molecule has 0 atom stereocenters. The molecule has 2 fully saturated rings. The SMILES string of the molecule is CC(C)(C)P(c1ccc2ccccc2c1-c1cccc2ccccc12)C(C)(C)C.N#Cc1cc(N)nc(N2CCOCC2)c1.Nc1cc(Cl)cc(N2CCOCC2)n1. The number of hydrogen-bond acceptors (Lipinski definition) is 9. The summed E-state index contributed by atoms with van der Waals surface area (Å²) in [5, 5.41) is 16.7.